The van der Waals surface area contributed by atoms with Gasteiger partial charge in [0.25, 0.3) is 0 Å². The Morgan fingerprint density at radius 3 is 2.48 bits per heavy atom. The predicted molar refractivity (Wildman–Crippen MR) is 101 cm³/mol. The van der Waals surface area contributed by atoms with Crippen LogP contribution in [-0.2, 0) is 17.5 Å². The van der Waals surface area contributed by atoms with Crippen molar-refractivity contribution < 1.29 is 18.3 Å². The third-order valence-electron chi connectivity index (χ3n) is 4.30. The van der Waals surface area contributed by atoms with Crippen LogP contribution >= 0.6 is 0 Å². The summed E-state index contributed by atoms with van der Waals surface area (Å²) in [6.45, 7) is 0. The molecule has 0 bridgehead atoms. The summed E-state index contributed by atoms with van der Waals surface area (Å²) in [5.74, 6) is 0.367. The molecule has 2 atom stereocenters. The topological polar surface area (TPSA) is 99.3 Å². The zero-order valence-corrected chi connectivity index (χ0v) is 14.9. The summed E-state index contributed by atoms with van der Waals surface area (Å²) in [4.78, 5) is 0. The van der Waals surface area contributed by atoms with Crippen LogP contribution in [0.4, 0.5) is 0 Å². The number of fused-ring (bicyclic) bond motifs is 1. The van der Waals surface area contributed by atoms with Crippen LogP contribution in [0.1, 0.15) is 16.7 Å². The number of hydrogen-bond donors (Lipinski definition) is 1. The molecule has 4 rings (SSSR count). The lowest BCUT2D eigenvalue weighted by atomic mass is 10.0. The maximum atomic E-state index is 11.8. The summed E-state index contributed by atoms with van der Waals surface area (Å²) in [5, 5.41) is 18.4. The molecule has 3 aromatic carbocycles. The average Bonchev–Trinajstić information content (AvgIpc) is 3.16. The van der Waals surface area contributed by atoms with Gasteiger partial charge in [-0.3, -0.25) is 4.21 Å². The Morgan fingerprint density at radius 1 is 1.00 bits per heavy atom. The van der Waals surface area contributed by atoms with Crippen molar-refractivity contribution in [1.29, 1.82) is 0 Å². The fourth-order valence-corrected chi connectivity index (χ4v) is 3.49. The second-order valence-corrected chi connectivity index (χ2v) is 7.22. The van der Waals surface area contributed by atoms with Crippen LogP contribution in [0, 0.1) is 0 Å². The molecule has 0 aliphatic heterocycles. The van der Waals surface area contributed by atoms with Gasteiger partial charge in [-0.2, -0.15) is 0 Å². The Bertz CT molecular complexity index is 1110. The Morgan fingerprint density at radius 2 is 1.74 bits per heavy atom. The van der Waals surface area contributed by atoms with Gasteiger partial charge in [-0.1, -0.05) is 42.5 Å². The fourth-order valence-electron chi connectivity index (χ4n) is 2.90. The van der Waals surface area contributed by atoms with Gasteiger partial charge in [-0.15, -0.1) is 10.2 Å². The SMILES string of the molecule is O=S([O-])C(Cc1ccc2ccccc2c1)c1nnc(-c2ccc(O)cc2)o1. The lowest BCUT2D eigenvalue weighted by molar-refractivity contribution is 0.468. The first kappa shape index (κ1) is 17.4. The molecule has 6 nitrogen and oxygen atoms in total. The number of nitrogens with zero attached hydrogens (tertiary/aromatic N) is 2. The fraction of sp³-hybridized carbons (Fsp3) is 0.100. The molecule has 0 aliphatic rings. The molecule has 0 saturated heterocycles. The van der Waals surface area contributed by atoms with Crippen LogP contribution in [0.2, 0.25) is 0 Å². The van der Waals surface area contributed by atoms with Crippen molar-refractivity contribution in [3.8, 4) is 17.2 Å². The van der Waals surface area contributed by atoms with E-state index in [-0.39, 0.29) is 24.0 Å². The maximum absolute atomic E-state index is 11.8. The lowest BCUT2D eigenvalue weighted by Gasteiger charge is -2.16. The smallest absolute Gasteiger partial charge is 0.247 e. The number of benzene rings is 3. The molecule has 0 aliphatic carbocycles. The zero-order chi connectivity index (χ0) is 18.8. The standard InChI is InChI=1S/C20H16N2O4S/c23-17-9-7-15(8-10-17)19-21-22-20(26-19)18(27(24)25)12-13-5-6-14-3-1-2-4-16(14)11-13/h1-11,18,23H,12H2,(H,24,25)/p-1. The van der Waals surface area contributed by atoms with E-state index >= 15 is 0 Å². The van der Waals surface area contributed by atoms with E-state index in [9.17, 15) is 13.9 Å². The van der Waals surface area contributed by atoms with Crippen molar-refractivity contribution in [3.63, 3.8) is 0 Å². The summed E-state index contributed by atoms with van der Waals surface area (Å²) in [5.41, 5.74) is 1.47. The highest BCUT2D eigenvalue weighted by Crippen LogP contribution is 2.28. The highest BCUT2D eigenvalue weighted by molar-refractivity contribution is 7.79. The third-order valence-corrected chi connectivity index (χ3v) is 5.13. The van der Waals surface area contributed by atoms with Crippen LogP contribution in [0.15, 0.2) is 71.1 Å². The van der Waals surface area contributed by atoms with E-state index in [1.807, 2.05) is 42.5 Å². The van der Waals surface area contributed by atoms with Gasteiger partial charge in [0.15, 0.2) is 0 Å². The van der Waals surface area contributed by atoms with Gasteiger partial charge in [0, 0.05) is 5.56 Å². The molecule has 136 valence electrons. The lowest BCUT2D eigenvalue weighted by Crippen LogP contribution is -2.10. The molecule has 0 amide bonds. The summed E-state index contributed by atoms with van der Waals surface area (Å²) in [6.07, 6.45) is 0.234. The van der Waals surface area contributed by atoms with E-state index in [0.717, 1.165) is 16.3 Å². The van der Waals surface area contributed by atoms with Gasteiger partial charge in [0.2, 0.25) is 11.8 Å². The Hall–Kier alpha value is -3.03. The zero-order valence-electron chi connectivity index (χ0n) is 14.1. The quantitative estimate of drug-likeness (QED) is 0.530. The van der Waals surface area contributed by atoms with Gasteiger partial charge in [0.1, 0.15) is 11.0 Å². The van der Waals surface area contributed by atoms with Crippen molar-refractivity contribution in [2.24, 2.45) is 0 Å². The second-order valence-electron chi connectivity index (χ2n) is 6.13. The largest absolute Gasteiger partial charge is 0.772 e. The molecule has 2 unspecified atom stereocenters. The first-order valence-corrected chi connectivity index (χ1v) is 9.42. The van der Waals surface area contributed by atoms with Gasteiger partial charge in [-0.05, 0) is 58.1 Å². The van der Waals surface area contributed by atoms with Crippen molar-refractivity contribution in [1.82, 2.24) is 10.2 Å². The van der Waals surface area contributed by atoms with Gasteiger partial charge >= 0.3 is 0 Å². The molecule has 1 N–H and O–H groups in total. The van der Waals surface area contributed by atoms with Crippen molar-refractivity contribution in [2.45, 2.75) is 11.7 Å². The van der Waals surface area contributed by atoms with Gasteiger partial charge in [-0.25, -0.2) is 0 Å². The number of rotatable bonds is 5. The van der Waals surface area contributed by atoms with E-state index in [1.54, 1.807) is 12.1 Å². The molecule has 1 heterocycles. The summed E-state index contributed by atoms with van der Waals surface area (Å²) >= 11 is -2.42. The van der Waals surface area contributed by atoms with Crippen LogP contribution in [0.25, 0.3) is 22.2 Å². The molecular formula is C20H15N2O4S-. The van der Waals surface area contributed by atoms with Gasteiger partial charge < -0.3 is 14.1 Å². The molecule has 1 aromatic heterocycles. The first-order chi connectivity index (χ1) is 13.1. The molecule has 0 fully saturated rings. The van der Waals surface area contributed by atoms with Crippen LogP contribution in [-0.4, -0.2) is 24.1 Å². The predicted octanol–water partition coefficient (Wildman–Crippen LogP) is 3.76. The molecule has 7 heteroatoms. The minimum absolute atomic E-state index is 0.0413. The van der Waals surface area contributed by atoms with Crippen LogP contribution in [0.5, 0.6) is 5.75 Å². The molecule has 4 aromatic rings. The Labute approximate surface area is 157 Å². The number of phenols is 1. The van der Waals surface area contributed by atoms with E-state index in [2.05, 4.69) is 10.2 Å². The second kappa shape index (κ2) is 7.30. The van der Waals surface area contributed by atoms with E-state index in [0.29, 0.717) is 5.56 Å². The third kappa shape index (κ3) is 3.74. The van der Waals surface area contributed by atoms with Crippen molar-refractivity contribution in [3.05, 3.63) is 78.2 Å². The van der Waals surface area contributed by atoms with E-state index in [1.165, 1.54) is 12.1 Å². The van der Waals surface area contributed by atoms with E-state index in [4.69, 9.17) is 4.42 Å². The summed E-state index contributed by atoms with van der Waals surface area (Å²) in [7, 11) is 0. The number of hydrogen-bond acceptors (Lipinski definition) is 6. The van der Waals surface area contributed by atoms with Gasteiger partial charge in [0.05, 0.1) is 0 Å². The molecule has 0 radical (unpaired) electrons. The number of aromatic hydroxyl groups is 1. The minimum atomic E-state index is -2.42. The van der Waals surface area contributed by atoms with E-state index < -0.39 is 16.3 Å². The first-order valence-electron chi connectivity index (χ1n) is 8.29. The molecule has 0 spiro atoms. The minimum Gasteiger partial charge on any atom is -0.772 e. The van der Waals surface area contributed by atoms with Crippen molar-refractivity contribution >= 4 is 21.9 Å². The molecular weight excluding hydrogens is 364 g/mol. The van der Waals surface area contributed by atoms with Crippen LogP contribution < -0.4 is 0 Å². The maximum Gasteiger partial charge on any atom is 0.247 e. The Balaban J connectivity index is 1.62. The summed E-state index contributed by atoms with van der Waals surface area (Å²) < 4.78 is 29.2. The Kier molecular flexibility index (Phi) is 4.70. The average molecular weight is 379 g/mol. The molecule has 27 heavy (non-hydrogen) atoms. The van der Waals surface area contributed by atoms with Crippen LogP contribution in [0.3, 0.4) is 0 Å². The monoisotopic (exact) mass is 379 g/mol. The number of phenolic OH excluding ortho intramolecular Hbond substituents is 1. The van der Waals surface area contributed by atoms with Crippen molar-refractivity contribution in [2.75, 3.05) is 0 Å². The highest BCUT2D eigenvalue weighted by Gasteiger charge is 2.21. The highest BCUT2D eigenvalue weighted by atomic mass is 32.2. The molecule has 0 saturated carbocycles. The number of aromatic nitrogens is 2. The summed E-state index contributed by atoms with van der Waals surface area (Å²) in [6, 6.07) is 20.0. The normalized spacial score (nSPS) is 13.5.